The van der Waals surface area contributed by atoms with Gasteiger partial charge in [-0.1, -0.05) is 6.08 Å². The first-order valence-electron chi connectivity index (χ1n) is 4.11. The summed E-state index contributed by atoms with van der Waals surface area (Å²) in [6.45, 7) is 4.24. The molecule has 74 valence electrons. The number of hydrogen-bond acceptors (Lipinski definition) is 2. The van der Waals surface area contributed by atoms with Crippen LogP contribution in [-0.2, 0) is 10.3 Å². The van der Waals surface area contributed by atoms with Crippen LogP contribution in [0.25, 0.3) is 0 Å². The molecule has 4 nitrogen and oxygen atoms in total. The number of nitrogens with zero attached hydrogens (tertiary/aromatic N) is 1. The summed E-state index contributed by atoms with van der Waals surface area (Å²) in [6, 6.07) is 0. The minimum absolute atomic E-state index is 0.325. The van der Waals surface area contributed by atoms with Crippen molar-refractivity contribution in [2.24, 2.45) is 0 Å². The third kappa shape index (κ3) is 1.82. The maximum Gasteiger partial charge on any atom is 0.437 e. The lowest BCUT2D eigenvalue weighted by Crippen LogP contribution is -2.49. The van der Waals surface area contributed by atoms with Crippen LogP contribution in [0.1, 0.15) is 13.8 Å². The summed E-state index contributed by atoms with van der Waals surface area (Å²) in [6.07, 6.45) is 5.01. The number of allylic oxidation sites excluding steroid dienone is 2. The van der Waals surface area contributed by atoms with Gasteiger partial charge >= 0.3 is 10.3 Å². The Kier molecular flexibility index (Phi) is 2.61. The molecule has 5 heteroatoms. The maximum atomic E-state index is 11.1. The molecule has 1 heterocycles. The van der Waals surface area contributed by atoms with E-state index >= 15 is 0 Å². The van der Waals surface area contributed by atoms with Gasteiger partial charge in [0.25, 0.3) is 0 Å². The van der Waals surface area contributed by atoms with Crippen molar-refractivity contribution in [3.05, 3.63) is 23.9 Å². The van der Waals surface area contributed by atoms with E-state index in [4.69, 9.17) is 4.55 Å². The van der Waals surface area contributed by atoms with Crippen molar-refractivity contribution in [2.75, 3.05) is 13.1 Å². The molecule has 1 unspecified atom stereocenters. The molecule has 0 spiro atoms. The quantitative estimate of drug-likeness (QED) is 0.541. The van der Waals surface area contributed by atoms with Crippen molar-refractivity contribution in [1.29, 1.82) is 0 Å². The van der Waals surface area contributed by atoms with Crippen LogP contribution in [0.4, 0.5) is 0 Å². The number of hydrogen-bond donors (Lipinski definition) is 1. The third-order valence-corrected chi connectivity index (χ3v) is 3.68. The third-order valence-electron chi connectivity index (χ3n) is 2.25. The predicted molar refractivity (Wildman–Crippen MR) is 50.1 cm³/mol. The summed E-state index contributed by atoms with van der Waals surface area (Å²) in [5.41, 5.74) is 0.946. The lowest BCUT2D eigenvalue weighted by molar-refractivity contribution is -0.749. The van der Waals surface area contributed by atoms with Crippen molar-refractivity contribution in [3.8, 4) is 0 Å². The number of quaternary nitrogens is 1. The SMILES string of the molecule is CC[N+]1(S(=O)(=O)O)C=CC=C(C)C1. The molecular formula is C8H14NO3S+. The Balaban J connectivity index is 3.13. The summed E-state index contributed by atoms with van der Waals surface area (Å²) in [7, 11) is -4.06. The zero-order chi connectivity index (χ0) is 10.1. The van der Waals surface area contributed by atoms with E-state index in [2.05, 4.69) is 0 Å². The predicted octanol–water partition coefficient (Wildman–Crippen LogP) is 1.10. The molecule has 1 N–H and O–H groups in total. The van der Waals surface area contributed by atoms with Gasteiger partial charge in [-0.25, -0.2) is 4.55 Å². The average molecular weight is 204 g/mol. The van der Waals surface area contributed by atoms with Gasteiger partial charge in [0.15, 0.2) is 0 Å². The van der Waals surface area contributed by atoms with Crippen molar-refractivity contribution in [2.45, 2.75) is 13.8 Å². The number of likely N-dealkylation sites (N-methyl/N-ethyl adjacent to an activating group) is 1. The lowest BCUT2D eigenvalue weighted by Gasteiger charge is -2.30. The van der Waals surface area contributed by atoms with E-state index < -0.39 is 14.2 Å². The first-order chi connectivity index (χ1) is 5.91. The zero-order valence-electron chi connectivity index (χ0n) is 7.77. The van der Waals surface area contributed by atoms with E-state index in [1.54, 1.807) is 13.0 Å². The second-order valence-electron chi connectivity index (χ2n) is 3.23. The van der Waals surface area contributed by atoms with Crippen LogP contribution in [-0.4, -0.2) is 29.9 Å². The van der Waals surface area contributed by atoms with Gasteiger partial charge in [0.05, 0.1) is 6.54 Å². The molecule has 0 radical (unpaired) electrons. The molecule has 0 aromatic heterocycles. The summed E-state index contributed by atoms with van der Waals surface area (Å²) in [4.78, 5) is 0. The fourth-order valence-electron chi connectivity index (χ4n) is 1.43. The van der Waals surface area contributed by atoms with E-state index in [9.17, 15) is 8.42 Å². The highest BCUT2D eigenvalue weighted by atomic mass is 32.2. The molecule has 0 aromatic rings. The molecule has 0 bridgehead atoms. The van der Waals surface area contributed by atoms with Crippen LogP contribution in [0.5, 0.6) is 0 Å². The van der Waals surface area contributed by atoms with Gasteiger partial charge < -0.3 is 0 Å². The molecule has 0 saturated heterocycles. The zero-order valence-corrected chi connectivity index (χ0v) is 8.58. The Morgan fingerprint density at radius 2 is 2.23 bits per heavy atom. The topological polar surface area (TPSA) is 54.4 Å². The largest absolute Gasteiger partial charge is 0.437 e. The molecule has 0 aliphatic carbocycles. The molecule has 0 saturated carbocycles. The molecule has 1 aliphatic heterocycles. The summed E-state index contributed by atoms with van der Waals surface area (Å²) < 4.78 is 31.0. The van der Waals surface area contributed by atoms with Crippen LogP contribution >= 0.6 is 0 Å². The Labute approximate surface area is 78.6 Å². The molecule has 1 atom stereocenters. The van der Waals surface area contributed by atoms with Gasteiger partial charge in [-0.15, -0.1) is 8.42 Å². The minimum atomic E-state index is -4.06. The molecular weight excluding hydrogens is 190 g/mol. The summed E-state index contributed by atoms with van der Waals surface area (Å²) in [5, 5.41) is 0. The van der Waals surface area contributed by atoms with Crippen molar-refractivity contribution < 1.29 is 16.9 Å². The van der Waals surface area contributed by atoms with E-state index in [1.807, 2.05) is 13.0 Å². The van der Waals surface area contributed by atoms with Crippen LogP contribution in [0, 0.1) is 0 Å². The molecule has 0 fully saturated rings. The summed E-state index contributed by atoms with van der Waals surface area (Å²) in [5.74, 6) is 0. The van der Waals surface area contributed by atoms with Gasteiger partial charge in [-0.3, -0.25) is 0 Å². The van der Waals surface area contributed by atoms with E-state index in [-0.39, 0.29) is 0 Å². The van der Waals surface area contributed by atoms with Gasteiger partial charge in [-0.2, -0.15) is 3.89 Å². The van der Waals surface area contributed by atoms with E-state index in [0.29, 0.717) is 13.1 Å². The van der Waals surface area contributed by atoms with Gasteiger partial charge in [0, 0.05) is 0 Å². The molecule has 1 aliphatic rings. The standard InChI is InChI=1S/C8H13NO3S/c1-3-9(13(10,11)12)6-4-5-8(2)7-9/h4-6H,3,7H2,1-2H3/p+1. The van der Waals surface area contributed by atoms with Crippen LogP contribution in [0.3, 0.4) is 0 Å². The monoisotopic (exact) mass is 204 g/mol. The number of rotatable bonds is 2. The van der Waals surface area contributed by atoms with Crippen molar-refractivity contribution in [1.82, 2.24) is 0 Å². The fraction of sp³-hybridized carbons (Fsp3) is 0.500. The van der Waals surface area contributed by atoms with Crippen LogP contribution in [0.15, 0.2) is 23.9 Å². The minimum Gasteiger partial charge on any atom is -0.241 e. The van der Waals surface area contributed by atoms with Crippen molar-refractivity contribution >= 4 is 10.3 Å². The fourth-order valence-corrected chi connectivity index (χ4v) is 2.35. The highest BCUT2D eigenvalue weighted by Gasteiger charge is 2.38. The Bertz CT molecular complexity index is 356. The van der Waals surface area contributed by atoms with E-state index in [0.717, 1.165) is 5.57 Å². The molecule has 0 amide bonds. The maximum absolute atomic E-state index is 11.1. The first-order valence-corrected chi connectivity index (χ1v) is 5.50. The van der Waals surface area contributed by atoms with Gasteiger partial charge in [0.2, 0.25) is 0 Å². The normalized spacial score (nSPS) is 28.7. The van der Waals surface area contributed by atoms with Crippen LogP contribution < -0.4 is 0 Å². The highest BCUT2D eigenvalue weighted by molar-refractivity contribution is 7.80. The molecule has 0 aromatic carbocycles. The average Bonchev–Trinajstić information content (AvgIpc) is 2.02. The molecule has 1 rings (SSSR count). The van der Waals surface area contributed by atoms with Gasteiger partial charge in [-0.05, 0) is 25.5 Å². The Morgan fingerprint density at radius 3 is 2.54 bits per heavy atom. The highest BCUT2D eigenvalue weighted by Crippen LogP contribution is 2.21. The Hall–Kier alpha value is -0.650. The summed E-state index contributed by atoms with van der Waals surface area (Å²) >= 11 is 0. The van der Waals surface area contributed by atoms with Gasteiger partial charge in [0.1, 0.15) is 12.7 Å². The van der Waals surface area contributed by atoms with E-state index in [1.165, 1.54) is 6.20 Å². The van der Waals surface area contributed by atoms with Crippen molar-refractivity contribution in [3.63, 3.8) is 0 Å². The Morgan fingerprint density at radius 1 is 1.62 bits per heavy atom. The first kappa shape index (κ1) is 10.4. The smallest absolute Gasteiger partial charge is 0.241 e. The van der Waals surface area contributed by atoms with Crippen LogP contribution in [0.2, 0.25) is 0 Å². The molecule has 13 heavy (non-hydrogen) atoms. The lowest BCUT2D eigenvalue weighted by atomic mass is 10.2. The second kappa shape index (κ2) is 3.25. The second-order valence-corrected chi connectivity index (χ2v) is 4.85.